The number of furan rings is 1. The van der Waals surface area contributed by atoms with Crippen molar-refractivity contribution in [3.05, 3.63) is 66.1 Å². The van der Waals surface area contributed by atoms with Crippen LogP contribution < -0.4 is 4.74 Å². The molecule has 2 saturated carbocycles. The van der Waals surface area contributed by atoms with Crippen LogP contribution >= 0.6 is 0 Å². The molecule has 2 aromatic rings. The van der Waals surface area contributed by atoms with Crippen LogP contribution in [-0.4, -0.2) is 30.6 Å². The molecule has 2 heterocycles. The molecule has 2 aliphatic carbocycles. The molecular weight excluding hydrogens is 414 g/mol. The number of methoxy groups -OCH3 is 1. The van der Waals surface area contributed by atoms with Crippen LogP contribution in [0.3, 0.4) is 0 Å². The zero-order valence-corrected chi connectivity index (χ0v) is 19.8. The molecule has 1 aromatic heterocycles. The van der Waals surface area contributed by atoms with Crippen LogP contribution in [0.2, 0.25) is 0 Å². The number of esters is 1. The van der Waals surface area contributed by atoms with Crippen molar-refractivity contribution in [1.29, 1.82) is 0 Å². The SMILES string of the molecule is C=C1CCC[C@]2(C)C[C@H]3OC(=O)C(CN(Cc4ccc(OC)cc4)Cc4ccco4)[C@H]3C[C@@H]12. The van der Waals surface area contributed by atoms with Crippen LogP contribution in [-0.2, 0) is 22.6 Å². The molecule has 0 spiro atoms. The molecular formula is C28H35NO4. The van der Waals surface area contributed by atoms with E-state index < -0.39 is 0 Å². The van der Waals surface area contributed by atoms with E-state index in [0.717, 1.165) is 37.3 Å². The lowest BCUT2D eigenvalue weighted by Gasteiger charge is -2.50. The van der Waals surface area contributed by atoms with Gasteiger partial charge in [-0.1, -0.05) is 31.2 Å². The standard InChI is InChI=1S/C28H35NO4/c1-19-6-4-12-28(2)15-26-23(14-25(19)28)24(27(30)33-26)18-29(17-22-7-5-13-32-22)16-20-8-10-21(31-3)11-9-20/h5,7-11,13,23-26H,1,4,6,12,14-18H2,2-3H3/t23-,24?,25+,26-,28-/m1/s1. The quantitative estimate of drug-likeness (QED) is 0.407. The van der Waals surface area contributed by atoms with Gasteiger partial charge in [-0.2, -0.15) is 0 Å². The molecule has 3 aliphatic rings. The first-order valence-corrected chi connectivity index (χ1v) is 12.2. The largest absolute Gasteiger partial charge is 0.497 e. The Hall–Kier alpha value is -2.53. The monoisotopic (exact) mass is 449 g/mol. The van der Waals surface area contributed by atoms with E-state index in [1.165, 1.54) is 24.0 Å². The average molecular weight is 450 g/mol. The molecule has 0 radical (unpaired) electrons. The van der Waals surface area contributed by atoms with Crippen molar-refractivity contribution in [3.8, 4) is 5.75 Å². The molecule has 0 bridgehead atoms. The zero-order chi connectivity index (χ0) is 23.0. The zero-order valence-electron chi connectivity index (χ0n) is 19.8. The van der Waals surface area contributed by atoms with Gasteiger partial charge in [0.15, 0.2) is 0 Å². The molecule has 1 saturated heterocycles. The van der Waals surface area contributed by atoms with Crippen molar-refractivity contribution in [2.24, 2.45) is 23.2 Å². The lowest BCUT2D eigenvalue weighted by Crippen LogP contribution is -2.45. The molecule has 1 unspecified atom stereocenters. The van der Waals surface area contributed by atoms with Gasteiger partial charge in [0, 0.05) is 19.0 Å². The Balaban J connectivity index is 1.35. The summed E-state index contributed by atoms with van der Waals surface area (Å²) in [4.78, 5) is 15.4. The van der Waals surface area contributed by atoms with Gasteiger partial charge in [0.1, 0.15) is 17.6 Å². The van der Waals surface area contributed by atoms with Crippen LogP contribution in [0, 0.1) is 23.2 Å². The normalized spacial score (nSPS) is 31.2. The predicted octanol–water partition coefficient (Wildman–Crippen LogP) is 5.60. The number of fused-ring (bicyclic) bond motifs is 2. The summed E-state index contributed by atoms with van der Waals surface area (Å²) in [5.41, 5.74) is 2.79. The molecule has 1 aromatic carbocycles. The first-order chi connectivity index (χ1) is 15.9. The highest BCUT2D eigenvalue weighted by Crippen LogP contribution is 2.57. The van der Waals surface area contributed by atoms with Gasteiger partial charge in [0.25, 0.3) is 0 Å². The molecule has 1 aliphatic heterocycles. The van der Waals surface area contributed by atoms with Crippen LogP contribution in [0.4, 0.5) is 0 Å². The number of hydrogen-bond acceptors (Lipinski definition) is 5. The molecule has 3 fully saturated rings. The summed E-state index contributed by atoms with van der Waals surface area (Å²) in [6.07, 6.45) is 7.29. The van der Waals surface area contributed by atoms with Gasteiger partial charge < -0.3 is 13.9 Å². The van der Waals surface area contributed by atoms with Crippen LogP contribution in [0.15, 0.2) is 59.2 Å². The summed E-state index contributed by atoms with van der Waals surface area (Å²) >= 11 is 0. The van der Waals surface area contributed by atoms with Crippen molar-refractivity contribution in [1.82, 2.24) is 4.90 Å². The lowest BCUT2D eigenvalue weighted by atomic mass is 9.55. The van der Waals surface area contributed by atoms with Crippen molar-refractivity contribution in [2.45, 2.75) is 58.2 Å². The van der Waals surface area contributed by atoms with Crippen molar-refractivity contribution in [2.75, 3.05) is 13.7 Å². The van der Waals surface area contributed by atoms with Gasteiger partial charge >= 0.3 is 5.97 Å². The van der Waals surface area contributed by atoms with E-state index in [-0.39, 0.29) is 29.3 Å². The third-order valence-corrected chi connectivity index (χ3v) is 8.30. The average Bonchev–Trinajstić information content (AvgIpc) is 3.40. The Morgan fingerprint density at radius 3 is 2.76 bits per heavy atom. The smallest absolute Gasteiger partial charge is 0.310 e. The molecule has 0 amide bonds. The number of ether oxygens (including phenoxy) is 2. The number of carbonyl (C=O) groups is 1. The van der Waals surface area contributed by atoms with Gasteiger partial charge in [-0.05, 0) is 73.3 Å². The topological polar surface area (TPSA) is 51.9 Å². The van der Waals surface area contributed by atoms with Gasteiger partial charge in [-0.15, -0.1) is 0 Å². The maximum atomic E-state index is 13.1. The molecule has 5 heteroatoms. The minimum Gasteiger partial charge on any atom is -0.497 e. The van der Waals surface area contributed by atoms with E-state index in [1.54, 1.807) is 13.4 Å². The number of allylic oxidation sites excluding steroid dienone is 1. The summed E-state index contributed by atoms with van der Waals surface area (Å²) in [5, 5.41) is 0. The van der Waals surface area contributed by atoms with E-state index in [9.17, 15) is 4.79 Å². The van der Waals surface area contributed by atoms with E-state index >= 15 is 0 Å². The van der Waals surface area contributed by atoms with Crippen molar-refractivity contribution >= 4 is 5.97 Å². The Labute approximate surface area is 196 Å². The lowest BCUT2D eigenvalue weighted by molar-refractivity contribution is -0.146. The third kappa shape index (κ3) is 4.48. The highest BCUT2D eigenvalue weighted by molar-refractivity contribution is 5.75. The minimum absolute atomic E-state index is 0.0305. The first kappa shape index (κ1) is 22.3. The fraction of sp³-hybridized carbons (Fsp3) is 0.536. The van der Waals surface area contributed by atoms with Gasteiger partial charge in [0.2, 0.25) is 0 Å². The van der Waals surface area contributed by atoms with E-state index in [0.29, 0.717) is 19.0 Å². The molecule has 5 rings (SSSR count). The fourth-order valence-electron chi connectivity index (χ4n) is 6.54. The Morgan fingerprint density at radius 1 is 1.21 bits per heavy atom. The van der Waals surface area contributed by atoms with Crippen LogP contribution in [0.5, 0.6) is 5.75 Å². The second kappa shape index (κ2) is 9.02. The van der Waals surface area contributed by atoms with Crippen molar-refractivity contribution < 1.29 is 18.7 Å². The second-order valence-electron chi connectivity index (χ2n) is 10.5. The number of hydrogen-bond donors (Lipinski definition) is 0. The Morgan fingerprint density at radius 2 is 2.03 bits per heavy atom. The first-order valence-electron chi connectivity index (χ1n) is 12.2. The van der Waals surface area contributed by atoms with Gasteiger partial charge in [0.05, 0.1) is 25.8 Å². The summed E-state index contributed by atoms with van der Waals surface area (Å²) in [5.74, 6) is 2.38. The maximum Gasteiger partial charge on any atom is 0.310 e. The highest BCUT2D eigenvalue weighted by atomic mass is 16.6. The summed E-state index contributed by atoms with van der Waals surface area (Å²) in [7, 11) is 1.68. The van der Waals surface area contributed by atoms with Gasteiger partial charge in [-0.3, -0.25) is 9.69 Å². The second-order valence-corrected chi connectivity index (χ2v) is 10.5. The molecule has 176 valence electrons. The Kier molecular flexibility index (Phi) is 6.09. The summed E-state index contributed by atoms with van der Waals surface area (Å²) in [6.45, 7) is 8.87. The maximum absolute atomic E-state index is 13.1. The van der Waals surface area contributed by atoms with E-state index in [4.69, 9.17) is 13.9 Å². The molecule has 33 heavy (non-hydrogen) atoms. The third-order valence-electron chi connectivity index (χ3n) is 8.30. The summed E-state index contributed by atoms with van der Waals surface area (Å²) < 4.78 is 17.0. The summed E-state index contributed by atoms with van der Waals surface area (Å²) in [6, 6.07) is 12.0. The van der Waals surface area contributed by atoms with E-state index in [1.807, 2.05) is 24.3 Å². The predicted molar refractivity (Wildman–Crippen MR) is 126 cm³/mol. The molecule has 0 N–H and O–H groups in total. The number of carbonyl (C=O) groups excluding carboxylic acids is 1. The Bertz CT molecular complexity index is 982. The van der Waals surface area contributed by atoms with Crippen LogP contribution in [0.25, 0.3) is 0 Å². The molecule has 5 atom stereocenters. The van der Waals surface area contributed by atoms with E-state index in [2.05, 4.69) is 30.5 Å². The fourth-order valence-corrected chi connectivity index (χ4v) is 6.54. The van der Waals surface area contributed by atoms with Crippen molar-refractivity contribution in [3.63, 3.8) is 0 Å². The molecule has 5 nitrogen and oxygen atoms in total. The number of nitrogens with zero attached hydrogens (tertiary/aromatic N) is 1. The minimum atomic E-state index is -0.109. The number of benzene rings is 1. The highest BCUT2D eigenvalue weighted by Gasteiger charge is 2.55. The van der Waals surface area contributed by atoms with Crippen LogP contribution in [0.1, 0.15) is 50.4 Å². The number of rotatable bonds is 7. The van der Waals surface area contributed by atoms with Gasteiger partial charge in [-0.25, -0.2) is 0 Å².